The number of nitrogens with zero attached hydrogens (tertiary/aromatic N) is 2. The normalized spacial score (nSPS) is 16.3. The first kappa shape index (κ1) is 18.9. The summed E-state index contributed by atoms with van der Waals surface area (Å²) in [6.07, 6.45) is 2.53. The number of methoxy groups -OCH3 is 1. The molecule has 0 spiro atoms. The molecule has 3 rings (SSSR count). The first-order chi connectivity index (χ1) is 13.0. The summed E-state index contributed by atoms with van der Waals surface area (Å²) in [5, 5.41) is 5.64. The molecule has 1 aromatic heterocycles. The lowest BCUT2D eigenvalue weighted by molar-refractivity contribution is 0.239. The Balaban J connectivity index is 1.40. The molecule has 1 aromatic carbocycles. The van der Waals surface area contributed by atoms with Crippen molar-refractivity contribution in [3.63, 3.8) is 0 Å². The fraction of sp³-hybridized carbons (Fsp3) is 0.368. The molecule has 1 fully saturated rings. The van der Waals surface area contributed by atoms with Crippen LogP contribution >= 0.6 is 0 Å². The van der Waals surface area contributed by atoms with Crippen molar-refractivity contribution in [1.29, 1.82) is 0 Å². The molecular weight excluding hydrogens is 354 g/mol. The van der Waals surface area contributed by atoms with E-state index in [2.05, 4.69) is 15.6 Å². The van der Waals surface area contributed by atoms with Gasteiger partial charge in [-0.1, -0.05) is 6.07 Å². The van der Waals surface area contributed by atoms with Gasteiger partial charge in [0.15, 0.2) is 11.6 Å². The fourth-order valence-electron chi connectivity index (χ4n) is 3.03. The molecule has 1 aliphatic rings. The highest BCUT2D eigenvalue weighted by Gasteiger charge is 2.23. The van der Waals surface area contributed by atoms with E-state index in [0.717, 1.165) is 24.6 Å². The Morgan fingerprint density at radius 3 is 2.81 bits per heavy atom. The number of carbonyl (C=O) groups excluding carboxylic acids is 1. The smallest absolute Gasteiger partial charge is 0.315 e. The Bertz CT molecular complexity index is 786. The molecule has 8 heteroatoms. The predicted octanol–water partition coefficient (Wildman–Crippen LogP) is 2.69. The Labute approximate surface area is 156 Å². The van der Waals surface area contributed by atoms with Crippen LogP contribution in [0.3, 0.4) is 0 Å². The Morgan fingerprint density at radius 1 is 1.26 bits per heavy atom. The Morgan fingerprint density at radius 2 is 2.11 bits per heavy atom. The summed E-state index contributed by atoms with van der Waals surface area (Å²) in [6.45, 7) is 2.33. The average Bonchev–Trinajstić information content (AvgIpc) is 3.16. The van der Waals surface area contributed by atoms with E-state index in [4.69, 9.17) is 4.74 Å². The van der Waals surface area contributed by atoms with E-state index >= 15 is 0 Å². The quantitative estimate of drug-likeness (QED) is 0.814. The summed E-state index contributed by atoms with van der Waals surface area (Å²) in [6, 6.07) is 7.24. The number of amides is 2. The summed E-state index contributed by atoms with van der Waals surface area (Å²) in [7, 11) is 1.55. The van der Waals surface area contributed by atoms with Crippen molar-refractivity contribution in [2.75, 3.05) is 31.6 Å². The third kappa shape index (κ3) is 5.06. The minimum Gasteiger partial charge on any atom is -0.481 e. The number of hydrogen-bond acceptors (Lipinski definition) is 4. The van der Waals surface area contributed by atoms with E-state index in [1.54, 1.807) is 25.4 Å². The van der Waals surface area contributed by atoms with Crippen LogP contribution in [0, 0.1) is 17.6 Å². The van der Waals surface area contributed by atoms with Gasteiger partial charge < -0.3 is 20.3 Å². The molecule has 6 nitrogen and oxygen atoms in total. The van der Waals surface area contributed by atoms with Crippen molar-refractivity contribution in [2.24, 2.45) is 5.92 Å². The Hall–Kier alpha value is -2.90. The summed E-state index contributed by atoms with van der Waals surface area (Å²) in [4.78, 5) is 18.0. The molecule has 2 aromatic rings. The van der Waals surface area contributed by atoms with Gasteiger partial charge in [0.2, 0.25) is 5.88 Å². The molecule has 0 saturated carbocycles. The van der Waals surface area contributed by atoms with Gasteiger partial charge in [0.05, 0.1) is 7.11 Å². The van der Waals surface area contributed by atoms with Gasteiger partial charge in [0, 0.05) is 50.2 Å². The zero-order valence-corrected chi connectivity index (χ0v) is 15.0. The molecule has 0 radical (unpaired) electrons. The molecule has 1 atom stereocenters. The standard InChI is InChI=1S/C19H22F2N4O2/c1-27-18-5-2-13(9-22-18)10-23-19(26)24-11-14-6-7-25(12-14)15-3-4-16(20)17(21)8-15/h2-5,8-9,14H,6-7,10-12H2,1H3,(H2,23,24,26). The molecule has 1 aliphatic heterocycles. The largest absolute Gasteiger partial charge is 0.481 e. The van der Waals surface area contributed by atoms with Crippen molar-refractivity contribution >= 4 is 11.7 Å². The Kier molecular flexibility index (Phi) is 6.05. The summed E-state index contributed by atoms with van der Waals surface area (Å²) in [5.74, 6) is -0.914. The lowest BCUT2D eigenvalue weighted by Crippen LogP contribution is -2.38. The molecule has 2 amide bonds. The first-order valence-electron chi connectivity index (χ1n) is 8.76. The topological polar surface area (TPSA) is 66.5 Å². The number of ether oxygens (including phenoxy) is 1. The second-order valence-electron chi connectivity index (χ2n) is 6.47. The molecule has 2 N–H and O–H groups in total. The van der Waals surface area contributed by atoms with Crippen molar-refractivity contribution < 1.29 is 18.3 Å². The molecule has 0 aliphatic carbocycles. The van der Waals surface area contributed by atoms with Crippen LogP contribution in [0.4, 0.5) is 19.3 Å². The SMILES string of the molecule is COc1ccc(CNC(=O)NCC2CCN(c3ccc(F)c(F)c3)C2)cn1. The van der Waals surface area contributed by atoms with Gasteiger partial charge in [-0.3, -0.25) is 0 Å². The van der Waals surface area contributed by atoms with Gasteiger partial charge in [0.1, 0.15) is 0 Å². The number of hydrogen-bond donors (Lipinski definition) is 2. The highest BCUT2D eigenvalue weighted by Crippen LogP contribution is 2.24. The first-order valence-corrected chi connectivity index (χ1v) is 8.76. The molecule has 27 heavy (non-hydrogen) atoms. The number of halogens is 2. The van der Waals surface area contributed by atoms with Crippen LogP contribution in [0.1, 0.15) is 12.0 Å². The van der Waals surface area contributed by atoms with Gasteiger partial charge in [-0.2, -0.15) is 0 Å². The minimum absolute atomic E-state index is 0.253. The van der Waals surface area contributed by atoms with Crippen LogP contribution in [0.2, 0.25) is 0 Å². The van der Waals surface area contributed by atoms with Crippen LogP contribution in [0.25, 0.3) is 0 Å². The maximum atomic E-state index is 13.4. The molecule has 0 bridgehead atoms. The van der Waals surface area contributed by atoms with E-state index in [-0.39, 0.29) is 11.9 Å². The van der Waals surface area contributed by atoms with E-state index in [9.17, 15) is 13.6 Å². The van der Waals surface area contributed by atoms with Crippen molar-refractivity contribution in [2.45, 2.75) is 13.0 Å². The van der Waals surface area contributed by atoms with E-state index in [1.165, 1.54) is 6.07 Å². The summed E-state index contributed by atoms with van der Waals surface area (Å²) in [5.41, 5.74) is 1.53. The summed E-state index contributed by atoms with van der Waals surface area (Å²) < 4.78 is 31.4. The number of benzene rings is 1. The van der Waals surface area contributed by atoms with Crippen LogP contribution in [-0.4, -0.2) is 37.8 Å². The van der Waals surface area contributed by atoms with E-state index in [1.807, 2.05) is 11.0 Å². The van der Waals surface area contributed by atoms with Gasteiger partial charge in [-0.05, 0) is 30.0 Å². The minimum atomic E-state index is -0.847. The van der Waals surface area contributed by atoms with Crippen molar-refractivity contribution in [1.82, 2.24) is 15.6 Å². The lowest BCUT2D eigenvalue weighted by Gasteiger charge is -2.19. The monoisotopic (exact) mass is 376 g/mol. The van der Waals surface area contributed by atoms with Gasteiger partial charge >= 0.3 is 6.03 Å². The number of rotatable bonds is 6. The number of anilines is 1. The lowest BCUT2D eigenvalue weighted by atomic mass is 10.1. The second-order valence-corrected chi connectivity index (χ2v) is 6.47. The average molecular weight is 376 g/mol. The number of nitrogens with one attached hydrogen (secondary N) is 2. The van der Waals surface area contributed by atoms with Gasteiger partial charge in [0.25, 0.3) is 0 Å². The molecule has 1 unspecified atom stereocenters. The van der Waals surface area contributed by atoms with Gasteiger partial charge in [-0.25, -0.2) is 18.6 Å². The molecular formula is C19H22F2N4O2. The maximum Gasteiger partial charge on any atom is 0.315 e. The number of pyridine rings is 1. The van der Waals surface area contributed by atoms with E-state index in [0.29, 0.717) is 31.2 Å². The molecule has 144 valence electrons. The summed E-state index contributed by atoms with van der Waals surface area (Å²) >= 11 is 0. The highest BCUT2D eigenvalue weighted by atomic mass is 19.2. The van der Waals surface area contributed by atoms with Crippen LogP contribution < -0.4 is 20.3 Å². The zero-order chi connectivity index (χ0) is 19.2. The van der Waals surface area contributed by atoms with Gasteiger partial charge in [-0.15, -0.1) is 0 Å². The number of carbonyl (C=O) groups is 1. The van der Waals surface area contributed by atoms with Crippen molar-refractivity contribution in [3.05, 3.63) is 53.7 Å². The maximum absolute atomic E-state index is 13.4. The van der Waals surface area contributed by atoms with Crippen molar-refractivity contribution in [3.8, 4) is 5.88 Å². The zero-order valence-electron chi connectivity index (χ0n) is 15.0. The number of urea groups is 1. The number of aromatic nitrogens is 1. The molecule has 2 heterocycles. The fourth-order valence-corrected chi connectivity index (χ4v) is 3.03. The highest BCUT2D eigenvalue weighted by molar-refractivity contribution is 5.73. The van der Waals surface area contributed by atoms with Crippen LogP contribution in [0.5, 0.6) is 5.88 Å². The van der Waals surface area contributed by atoms with E-state index < -0.39 is 11.6 Å². The van der Waals surface area contributed by atoms with Crippen LogP contribution in [0.15, 0.2) is 36.5 Å². The molecule has 1 saturated heterocycles. The third-order valence-electron chi connectivity index (χ3n) is 4.57. The second kappa shape index (κ2) is 8.66. The predicted molar refractivity (Wildman–Crippen MR) is 97.7 cm³/mol. The van der Waals surface area contributed by atoms with Crippen LogP contribution in [-0.2, 0) is 6.54 Å². The third-order valence-corrected chi connectivity index (χ3v) is 4.57.